The van der Waals surface area contributed by atoms with E-state index >= 15 is 0 Å². The van der Waals surface area contributed by atoms with Crippen LogP contribution in [0.2, 0.25) is 0 Å². The number of aromatic nitrogens is 1. The zero-order valence-corrected chi connectivity index (χ0v) is 20.2. The number of benzene rings is 3. The number of anilines is 1. The molecule has 180 valence electrons. The summed E-state index contributed by atoms with van der Waals surface area (Å²) in [5.74, 6) is -1.95. The minimum Gasteiger partial charge on any atom is -0.279 e. The highest BCUT2D eigenvalue weighted by molar-refractivity contribution is 7.89. The summed E-state index contributed by atoms with van der Waals surface area (Å²) >= 11 is 1.01. The predicted octanol–water partition coefficient (Wildman–Crippen LogP) is 5.21. The lowest BCUT2D eigenvalue weighted by atomic mass is 10.1. The lowest BCUT2D eigenvalue weighted by Crippen LogP contribution is -2.30. The topological polar surface area (TPSA) is 70.6 Å². The van der Waals surface area contributed by atoms with Gasteiger partial charge in [0.2, 0.25) is 10.0 Å². The number of thiazole rings is 1. The molecule has 6 nitrogen and oxygen atoms in total. The number of sulfonamides is 1. The maximum absolute atomic E-state index is 14.3. The summed E-state index contributed by atoms with van der Waals surface area (Å²) < 4.78 is 55.4. The normalized spacial score (nSPS) is 14.5. The maximum atomic E-state index is 14.3. The van der Waals surface area contributed by atoms with Crippen LogP contribution in [0.25, 0.3) is 10.2 Å². The SMILES string of the molecule is O=C(c1ccc(S(=O)(=O)N2CCCC2)cc1)N(Cc1ccccc1)c1nc2c(F)cc(F)cc2s1. The lowest BCUT2D eigenvalue weighted by molar-refractivity contribution is 0.0985. The van der Waals surface area contributed by atoms with Crippen molar-refractivity contribution in [3.63, 3.8) is 0 Å². The van der Waals surface area contributed by atoms with E-state index in [0.29, 0.717) is 13.1 Å². The Balaban J connectivity index is 1.50. The summed E-state index contributed by atoms with van der Waals surface area (Å²) in [6, 6.07) is 17.0. The number of rotatable bonds is 6. The molecular weight excluding hydrogens is 492 g/mol. The number of halogens is 2. The molecule has 4 aromatic rings. The Hall–Kier alpha value is -3.21. The molecule has 1 aliphatic heterocycles. The first-order valence-corrected chi connectivity index (χ1v) is 13.3. The highest BCUT2D eigenvalue weighted by Crippen LogP contribution is 2.33. The van der Waals surface area contributed by atoms with Crippen LogP contribution < -0.4 is 4.90 Å². The number of carbonyl (C=O) groups excluding carboxylic acids is 1. The molecule has 1 aliphatic rings. The summed E-state index contributed by atoms with van der Waals surface area (Å²) in [7, 11) is -3.61. The first kappa shape index (κ1) is 23.5. The highest BCUT2D eigenvalue weighted by Gasteiger charge is 2.28. The van der Waals surface area contributed by atoms with Gasteiger partial charge in [-0.05, 0) is 48.7 Å². The second kappa shape index (κ2) is 9.44. The Morgan fingerprint density at radius 2 is 1.69 bits per heavy atom. The van der Waals surface area contributed by atoms with Crippen molar-refractivity contribution in [2.24, 2.45) is 0 Å². The minimum absolute atomic E-state index is 0.00989. The van der Waals surface area contributed by atoms with Gasteiger partial charge in [-0.2, -0.15) is 4.31 Å². The van der Waals surface area contributed by atoms with E-state index in [0.717, 1.165) is 35.8 Å². The van der Waals surface area contributed by atoms with Gasteiger partial charge < -0.3 is 0 Å². The van der Waals surface area contributed by atoms with E-state index < -0.39 is 27.6 Å². The van der Waals surface area contributed by atoms with Crippen LogP contribution in [0, 0.1) is 11.6 Å². The van der Waals surface area contributed by atoms with Gasteiger partial charge in [0.05, 0.1) is 16.1 Å². The average Bonchev–Trinajstić information content (AvgIpc) is 3.54. The Labute approximate surface area is 205 Å². The van der Waals surface area contributed by atoms with Crippen LogP contribution in [-0.4, -0.2) is 36.7 Å². The van der Waals surface area contributed by atoms with Crippen molar-refractivity contribution in [3.8, 4) is 0 Å². The van der Waals surface area contributed by atoms with Crippen molar-refractivity contribution in [3.05, 3.63) is 89.5 Å². The molecule has 0 bridgehead atoms. The summed E-state index contributed by atoms with van der Waals surface area (Å²) in [4.78, 5) is 19.4. The Kier molecular flexibility index (Phi) is 6.35. The number of amides is 1. The van der Waals surface area contributed by atoms with E-state index in [1.54, 1.807) is 0 Å². The van der Waals surface area contributed by atoms with Crippen molar-refractivity contribution < 1.29 is 22.0 Å². The number of hydrogen-bond acceptors (Lipinski definition) is 5. The molecule has 0 atom stereocenters. The third kappa shape index (κ3) is 4.69. The molecule has 0 saturated carbocycles. The zero-order chi connectivity index (χ0) is 24.6. The summed E-state index contributed by atoms with van der Waals surface area (Å²) in [6.07, 6.45) is 1.66. The van der Waals surface area contributed by atoms with Gasteiger partial charge in [-0.3, -0.25) is 9.69 Å². The summed E-state index contributed by atoms with van der Waals surface area (Å²) in [5, 5.41) is 0.215. The molecule has 1 fully saturated rings. The van der Waals surface area contributed by atoms with E-state index in [4.69, 9.17) is 0 Å². The lowest BCUT2D eigenvalue weighted by Gasteiger charge is -2.20. The number of carbonyl (C=O) groups is 1. The molecule has 0 aliphatic carbocycles. The second-order valence-corrected chi connectivity index (χ2v) is 11.2. The van der Waals surface area contributed by atoms with Crippen molar-refractivity contribution in [2.75, 3.05) is 18.0 Å². The molecule has 0 radical (unpaired) electrons. The van der Waals surface area contributed by atoms with Crippen LogP contribution in [0.1, 0.15) is 28.8 Å². The quantitative estimate of drug-likeness (QED) is 0.355. The third-order valence-electron chi connectivity index (χ3n) is 5.87. The Morgan fingerprint density at radius 3 is 2.37 bits per heavy atom. The smallest absolute Gasteiger partial charge is 0.260 e. The van der Waals surface area contributed by atoms with Crippen LogP contribution in [0.15, 0.2) is 71.6 Å². The highest BCUT2D eigenvalue weighted by atomic mass is 32.2. The largest absolute Gasteiger partial charge is 0.279 e. The molecule has 3 aromatic carbocycles. The zero-order valence-electron chi connectivity index (χ0n) is 18.5. The first-order chi connectivity index (χ1) is 16.8. The average molecular weight is 514 g/mol. The minimum atomic E-state index is -3.61. The molecule has 5 rings (SSSR count). The van der Waals surface area contributed by atoms with Gasteiger partial charge in [-0.1, -0.05) is 41.7 Å². The Morgan fingerprint density at radius 1 is 1.00 bits per heavy atom. The van der Waals surface area contributed by atoms with E-state index in [1.165, 1.54) is 39.5 Å². The van der Waals surface area contributed by atoms with E-state index in [1.807, 2.05) is 30.3 Å². The fraction of sp³-hybridized carbons (Fsp3) is 0.200. The molecule has 0 N–H and O–H groups in total. The fourth-order valence-electron chi connectivity index (χ4n) is 4.06. The van der Waals surface area contributed by atoms with E-state index in [2.05, 4.69) is 4.98 Å². The van der Waals surface area contributed by atoms with Gasteiger partial charge >= 0.3 is 0 Å². The molecule has 2 heterocycles. The maximum Gasteiger partial charge on any atom is 0.260 e. The van der Waals surface area contributed by atoms with Gasteiger partial charge in [0.1, 0.15) is 11.3 Å². The molecule has 0 unspecified atom stereocenters. The molecular formula is C25H21F2N3O3S2. The van der Waals surface area contributed by atoms with E-state index in [9.17, 15) is 22.0 Å². The number of nitrogens with zero attached hydrogens (tertiary/aromatic N) is 3. The van der Waals surface area contributed by atoms with E-state index in [-0.39, 0.29) is 32.4 Å². The number of hydrogen-bond donors (Lipinski definition) is 0. The van der Waals surface area contributed by atoms with Crippen molar-refractivity contribution in [2.45, 2.75) is 24.3 Å². The van der Waals surface area contributed by atoms with Crippen LogP contribution in [0.5, 0.6) is 0 Å². The summed E-state index contributed by atoms with van der Waals surface area (Å²) in [6.45, 7) is 1.13. The van der Waals surface area contributed by atoms with Gasteiger partial charge in [0.25, 0.3) is 5.91 Å². The second-order valence-electron chi connectivity index (χ2n) is 8.24. The predicted molar refractivity (Wildman–Crippen MR) is 131 cm³/mol. The van der Waals surface area contributed by atoms with Gasteiger partial charge in [-0.25, -0.2) is 22.2 Å². The van der Waals surface area contributed by atoms with Crippen LogP contribution in [0.3, 0.4) is 0 Å². The van der Waals surface area contributed by atoms with Crippen LogP contribution in [-0.2, 0) is 16.6 Å². The van der Waals surface area contributed by atoms with Crippen LogP contribution >= 0.6 is 11.3 Å². The Bertz CT molecular complexity index is 1480. The molecule has 35 heavy (non-hydrogen) atoms. The third-order valence-corrected chi connectivity index (χ3v) is 8.80. The van der Waals surface area contributed by atoms with Gasteiger partial charge in [0, 0.05) is 24.7 Å². The van der Waals surface area contributed by atoms with Crippen molar-refractivity contribution >= 4 is 42.6 Å². The first-order valence-electron chi connectivity index (χ1n) is 11.0. The van der Waals surface area contributed by atoms with Crippen molar-refractivity contribution in [1.29, 1.82) is 0 Å². The molecule has 0 spiro atoms. The standard InChI is InChI=1S/C25H21F2N3O3S2/c26-19-14-21(27)23-22(15-19)34-25(28-23)30(16-17-6-2-1-3-7-17)24(31)18-8-10-20(11-9-18)35(32,33)29-12-4-5-13-29/h1-3,6-11,14-15H,4-5,12-13,16H2. The number of fused-ring (bicyclic) bond motifs is 1. The summed E-state index contributed by atoms with van der Waals surface area (Å²) in [5.41, 5.74) is 1.07. The van der Waals surface area contributed by atoms with Gasteiger partial charge in [-0.15, -0.1) is 0 Å². The molecule has 10 heteroatoms. The van der Waals surface area contributed by atoms with Crippen molar-refractivity contribution in [1.82, 2.24) is 9.29 Å². The van der Waals surface area contributed by atoms with Crippen LogP contribution in [0.4, 0.5) is 13.9 Å². The molecule has 1 aromatic heterocycles. The monoisotopic (exact) mass is 513 g/mol. The molecule has 1 saturated heterocycles. The fourth-order valence-corrected chi connectivity index (χ4v) is 6.58. The van der Waals surface area contributed by atoms with Gasteiger partial charge in [0.15, 0.2) is 10.9 Å². The molecule has 1 amide bonds.